The zero-order valence-electron chi connectivity index (χ0n) is 16.6. The highest BCUT2D eigenvalue weighted by molar-refractivity contribution is 7.92. The number of hydrogen-bond donors (Lipinski definition) is 1. The van der Waals surface area contributed by atoms with E-state index in [1.807, 2.05) is 6.07 Å². The van der Waals surface area contributed by atoms with Crippen LogP contribution in [0.3, 0.4) is 0 Å². The van der Waals surface area contributed by atoms with Crippen molar-refractivity contribution >= 4 is 33.1 Å². The Labute approximate surface area is 180 Å². The molecule has 3 aromatic carbocycles. The van der Waals surface area contributed by atoms with Gasteiger partial charge >= 0.3 is 0 Å². The fourth-order valence-electron chi connectivity index (χ4n) is 2.91. The number of nitriles is 1. The van der Waals surface area contributed by atoms with E-state index >= 15 is 0 Å². The number of rotatable bonds is 7. The van der Waals surface area contributed by atoms with Gasteiger partial charge in [0.05, 0.1) is 22.2 Å². The van der Waals surface area contributed by atoms with E-state index in [1.54, 1.807) is 48.5 Å². The minimum atomic E-state index is -4.13. The standard InChI is InChI=1S/C23H19N3O4S/c1-17(27)19-8-6-9-20(14-19)25-23(28)16-26(21-10-3-2-4-11-21)31(29,30)22-12-5-7-18(13-22)15-24/h2-14H,16H2,1H3,(H,25,28). The van der Waals surface area contributed by atoms with Gasteiger partial charge in [0.1, 0.15) is 6.54 Å². The van der Waals surface area contributed by atoms with Gasteiger partial charge in [-0.3, -0.25) is 13.9 Å². The van der Waals surface area contributed by atoms with Gasteiger partial charge in [0, 0.05) is 11.3 Å². The number of ketones is 1. The van der Waals surface area contributed by atoms with Crippen LogP contribution in [0.2, 0.25) is 0 Å². The molecule has 0 aromatic heterocycles. The van der Waals surface area contributed by atoms with Crippen LogP contribution in [0.1, 0.15) is 22.8 Å². The summed E-state index contributed by atoms with van der Waals surface area (Å²) in [6.07, 6.45) is 0. The predicted octanol–water partition coefficient (Wildman–Crippen LogP) is 3.59. The number of carbonyl (C=O) groups is 2. The maximum Gasteiger partial charge on any atom is 0.264 e. The second-order valence-corrected chi connectivity index (χ2v) is 8.53. The average Bonchev–Trinajstić information content (AvgIpc) is 2.78. The van der Waals surface area contributed by atoms with E-state index in [9.17, 15) is 18.0 Å². The van der Waals surface area contributed by atoms with E-state index in [4.69, 9.17) is 5.26 Å². The number of anilines is 2. The van der Waals surface area contributed by atoms with Crippen LogP contribution in [-0.2, 0) is 14.8 Å². The van der Waals surface area contributed by atoms with Crippen molar-refractivity contribution in [2.75, 3.05) is 16.2 Å². The molecule has 8 heteroatoms. The Morgan fingerprint density at radius 2 is 1.68 bits per heavy atom. The Balaban J connectivity index is 1.93. The molecule has 0 heterocycles. The smallest absolute Gasteiger partial charge is 0.264 e. The summed E-state index contributed by atoms with van der Waals surface area (Å²) in [6, 6.07) is 22.1. The number of nitrogens with one attached hydrogen (secondary N) is 1. The normalized spacial score (nSPS) is 10.7. The molecule has 0 atom stereocenters. The van der Waals surface area contributed by atoms with Gasteiger partial charge in [-0.15, -0.1) is 0 Å². The molecule has 0 aliphatic carbocycles. The van der Waals surface area contributed by atoms with E-state index in [0.717, 1.165) is 4.31 Å². The molecule has 0 spiro atoms. The van der Waals surface area contributed by atoms with Gasteiger partial charge in [0.15, 0.2) is 5.78 Å². The number of carbonyl (C=O) groups excluding carboxylic acids is 2. The lowest BCUT2D eigenvalue weighted by molar-refractivity contribution is -0.114. The fraction of sp³-hybridized carbons (Fsp3) is 0.0870. The lowest BCUT2D eigenvalue weighted by Crippen LogP contribution is -2.38. The van der Waals surface area contributed by atoms with Crippen LogP contribution < -0.4 is 9.62 Å². The first-order chi connectivity index (χ1) is 14.8. The molecule has 0 saturated heterocycles. The number of sulfonamides is 1. The molecule has 7 nitrogen and oxygen atoms in total. The van der Waals surface area contributed by atoms with Crippen LogP contribution in [0.4, 0.5) is 11.4 Å². The molecular formula is C23H19N3O4S. The molecule has 0 aliphatic rings. The molecule has 0 unspecified atom stereocenters. The fourth-order valence-corrected chi connectivity index (χ4v) is 4.38. The Hall–Kier alpha value is -3.96. The number of hydrogen-bond acceptors (Lipinski definition) is 5. The summed E-state index contributed by atoms with van der Waals surface area (Å²) in [5.74, 6) is -0.730. The largest absolute Gasteiger partial charge is 0.324 e. The first-order valence-electron chi connectivity index (χ1n) is 9.30. The van der Waals surface area contributed by atoms with Crippen molar-refractivity contribution in [2.45, 2.75) is 11.8 Å². The maximum absolute atomic E-state index is 13.3. The third-order valence-corrected chi connectivity index (χ3v) is 6.21. The number of benzene rings is 3. The van der Waals surface area contributed by atoms with E-state index in [0.29, 0.717) is 16.9 Å². The SMILES string of the molecule is CC(=O)c1cccc(NC(=O)CN(c2ccccc2)S(=O)(=O)c2cccc(C#N)c2)c1. The number of nitrogens with zero attached hydrogens (tertiary/aromatic N) is 2. The summed E-state index contributed by atoms with van der Waals surface area (Å²) < 4.78 is 27.6. The van der Waals surface area contributed by atoms with Crippen molar-refractivity contribution in [1.29, 1.82) is 5.26 Å². The molecule has 0 radical (unpaired) electrons. The summed E-state index contributed by atoms with van der Waals surface area (Å²) in [4.78, 5) is 24.2. The molecule has 0 bridgehead atoms. The predicted molar refractivity (Wildman–Crippen MR) is 117 cm³/mol. The highest BCUT2D eigenvalue weighted by Gasteiger charge is 2.27. The molecule has 156 valence electrons. The van der Waals surface area contributed by atoms with Crippen molar-refractivity contribution < 1.29 is 18.0 Å². The minimum absolute atomic E-state index is 0.0956. The minimum Gasteiger partial charge on any atom is -0.324 e. The van der Waals surface area contributed by atoms with Gasteiger partial charge in [-0.2, -0.15) is 5.26 Å². The molecule has 1 amide bonds. The zero-order chi connectivity index (χ0) is 22.4. The number of amides is 1. The molecule has 0 saturated carbocycles. The summed E-state index contributed by atoms with van der Waals surface area (Å²) in [5, 5.41) is 11.7. The third-order valence-electron chi connectivity index (χ3n) is 4.44. The molecule has 1 N–H and O–H groups in total. The summed E-state index contributed by atoms with van der Waals surface area (Å²) in [6.45, 7) is 0.924. The summed E-state index contributed by atoms with van der Waals surface area (Å²) in [5.41, 5.74) is 1.31. The van der Waals surface area contributed by atoms with Crippen molar-refractivity contribution in [3.8, 4) is 6.07 Å². The number of Topliss-reactive ketones (excluding diaryl/α,β-unsaturated/α-hetero) is 1. The Kier molecular flexibility index (Phi) is 6.48. The third kappa shape index (κ3) is 5.15. The highest BCUT2D eigenvalue weighted by Crippen LogP contribution is 2.24. The van der Waals surface area contributed by atoms with E-state index in [1.165, 1.54) is 37.3 Å². The molecule has 3 aromatic rings. The van der Waals surface area contributed by atoms with Crippen LogP contribution in [0.5, 0.6) is 0 Å². The van der Waals surface area contributed by atoms with Gasteiger partial charge in [-0.05, 0) is 49.4 Å². The maximum atomic E-state index is 13.3. The van der Waals surface area contributed by atoms with E-state index in [2.05, 4.69) is 5.32 Å². The van der Waals surface area contributed by atoms with Crippen molar-refractivity contribution in [3.05, 3.63) is 90.0 Å². The Bertz CT molecular complexity index is 1270. The molecular weight excluding hydrogens is 414 g/mol. The van der Waals surface area contributed by atoms with Crippen molar-refractivity contribution in [2.24, 2.45) is 0 Å². The monoisotopic (exact) mass is 433 g/mol. The topological polar surface area (TPSA) is 107 Å². The van der Waals surface area contributed by atoms with Crippen LogP contribution in [0.25, 0.3) is 0 Å². The van der Waals surface area contributed by atoms with Gasteiger partial charge < -0.3 is 5.32 Å². The second kappa shape index (κ2) is 9.24. The van der Waals surface area contributed by atoms with Crippen molar-refractivity contribution in [3.63, 3.8) is 0 Å². The first kappa shape index (κ1) is 21.7. The van der Waals surface area contributed by atoms with E-state index in [-0.39, 0.29) is 16.2 Å². The van der Waals surface area contributed by atoms with E-state index < -0.39 is 22.5 Å². The molecule has 0 aliphatic heterocycles. The van der Waals surface area contributed by atoms with Gasteiger partial charge in [-0.1, -0.05) is 36.4 Å². The molecule has 3 rings (SSSR count). The van der Waals surface area contributed by atoms with Gasteiger partial charge in [-0.25, -0.2) is 8.42 Å². The molecule has 0 fully saturated rings. The second-order valence-electron chi connectivity index (χ2n) is 6.67. The lowest BCUT2D eigenvalue weighted by Gasteiger charge is -2.24. The first-order valence-corrected chi connectivity index (χ1v) is 10.7. The molecule has 31 heavy (non-hydrogen) atoms. The van der Waals surface area contributed by atoms with Crippen LogP contribution in [0.15, 0.2) is 83.8 Å². The van der Waals surface area contributed by atoms with Crippen molar-refractivity contribution in [1.82, 2.24) is 0 Å². The average molecular weight is 433 g/mol. The van der Waals surface area contributed by atoms with Crippen LogP contribution in [0, 0.1) is 11.3 Å². The zero-order valence-corrected chi connectivity index (χ0v) is 17.5. The lowest BCUT2D eigenvalue weighted by atomic mass is 10.1. The summed E-state index contributed by atoms with van der Waals surface area (Å²) >= 11 is 0. The van der Waals surface area contributed by atoms with Gasteiger partial charge in [0.25, 0.3) is 10.0 Å². The van der Waals surface area contributed by atoms with Gasteiger partial charge in [0.2, 0.25) is 5.91 Å². The Morgan fingerprint density at radius 3 is 2.35 bits per heavy atom. The van der Waals surface area contributed by atoms with Crippen LogP contribution >= 0.6 is 0 Å². The summed E-state index contributed by atoms with van der Waals surface area (Å²) in [7, 11) is -4.13. The quantitative estimate of drug-likeness (QED) is 0.573. The highest BCUT2D eigenvalue weighted by atomic mass is 32.2. The Morgan fingerprint density at radius 1 is 0.968 bits per heavy atom. The number of para-hydroxylation sites is 1. The van der Waals surface area contributed by atoms with Crippen LogP contribution in [-0.4, -0.2) is 26.7 Å².